The van der Waals surface area contributed by atoms with Crippen LogP contribution in [0.2, 0.25) is 0 Å². The van der Waals surface area contributed by atoms with Crippen LogP contribution in [0.15, 0.2) is 61.2 Å². The van der Waals surface area contributed by atoms with Crippen molar-refractivity contribution in [3.05, 3.63) is 72.3 Å². The Morgan fingerprint density at radius 3 is 1.98 bits per heavy atom. The van der Waals surface area contributed by atoms with Gasteiger partial charge in [-0.1, -0.05) is 44.7 Å². The minimum absolute atomic E-state index is 0.000139. The van der Waals surface area contributed by atoms with Gasteiger partial charge in [0.15, 0.2) is 5.78 Å². The molecule has 40 heavy (non-hydrogen) atoms. The van der Waals surface area contributed by atoms with Crippen LogP contribution in [0.4, 0.5) is 0 Å². The van der Waals surface area contributed by atoms with E-state index in [0.29, 0.717) is 35.5 Å². The summed E-state index contributed by atoms with van der Waals surface area (Å²) in [5.41, 5.74) is -0.937. The van der Waals surface area contributed by atoms with Gasteiger partial charge in [-0.3, -0.25) is 19.2 Å². The number of allylic oxidation sites excluding steroid dienone is 1. The summed E-state index contributed by atoms with van der Waals surface area (Å²) in [7, 11) is 2.42. The zero-order valence-electron chi connectivity index (χ0n) is 22.9. The van der Waals surface area contributed by atoms with Crippen LogP contribution >= 0.6 is 0 Å². The highest BCUT2D eigenvalue weighted by Crippen LogP contribution is 2.38. The second-order valence-corrected chi connectivity index (χ2v) is 8.54. The van der Waals surface area contributed by atoms with Crippen LogP contribution in [-0.4, -0.2) is 61.0 Å². The third kappa shape index (κ3) is 7.07. The summed E-state index contributed by atoms with van der Waals surface area (Å²) in [5, 5.41) is 0. The van der Waals surface area contributed by atoms with Crippen molar-refractivity contribution in [2.24, 2.45) is 0 Å². The lowest BCUT2D eigenvalue weighted by Gasteiger charge is -2.23. The van der Waals surface area contributed by atoms with Crippen molar-refractivity contribution in [2.75, 3.05) is 14.2 Å². The number of hydrogen-bond acceptors (Lipinski definition) is 10. The number of fused-ring (bicyclic) bond motifs is 2. The molecule has 0 fully saturated rings. The molecule has 4 rings (SSSR count). The molecule has 10 nitrogen and oxygen atoms in total. The Hall–Kier alpha value is -4.60. The molecular formula is C30H32O10. The minimum atomic E-state index is -1.72. The number of esters is 2. The van der Waals surface area contributed by atoms with Gasteiger partial charge in [0.25, 0.3) is 11.7 Å². The molecule has 0 spiro atoms. The fourth-order valence-corrected chi connectivity index (χ4v) is 3.75. The second-order valence-electron chi connectivity index (χ2n) is 8.54. The van der Waals surface area contributed by atoms with Crippen molar-refractivity contribution in [2.45, 2.75) is 51.2 Å². The summed E-state index contributed by atoms with van der Waals surface area (Å²) < 4.78 is 19.9. The maximum atomic E-state index is 12.5. The summed E-state index contributed by atoms with van der Waals surface area (Å²) in [6.45, 7) is 6.83. The number of methoxy groups -OCH3 is 2. The van der Waals surface area contributed by atoms with Gasteiger partial charge in [0.1, 0.15) is 17.3 Å². The molecule has 0 N–H and O–H groups in total. The van der Waals surface area contributed by atoms with Crippen LogP contribution in [-0.2, 0) is 28.7 Å². The number of ketones is 4. The summed E-state index contributed by atoms with van der Waals surface area (Å²) in [5.74, 6) is -1.33. The van der Waals surface area contributed by atoms with E-state index in [0.717, 1.165) is 0 Å². The maximum Gasteiger partial charge on any atom is 0.358 e. The molecule has 2 aliphatic heterocycles. The lowest BCUT2D eigenvalue weighted by molar-refractivity contribution is -0.154. The molecule has 2 aliphatic rings. The first kappa shape index (κ1) is 31.6. The molecule has 0 bridgehead atoms. The number of hydrogen-bond donors (Lipinski definition) is 0. The molecule has 2 aromatic rings. The van der Waals surface area contributed by atoms with E-state index in [9.17, 15) is 28.8 Å². The Morgan fingerprint density at radius 1 is 0.900 bits per heavy atom. The van der Waals surface area contributed by atoms with Crippen LogP contribution in [0, 0.1) is 0 Å². The molecule has 212 valence electrons. The molecule has 2 atom stereocenters. The first-order valence-electron chi connectivity index (χ1n) is 12.6. The van der Waals surface area contributed by atoms with Gasteiger partial charge in [-0.05, 0) is 30.3 Å². The number of ether oxygens (including phenoxy) is 4. The Morgan fingerprint density at radius 2 is 1.50 bits per heavy atom. The molecule has 0 amide bonds. The van der Waals surface area contributed by atoms with Gasteiger partial charge < -0.3 is 18.9 Å². The van der Waals surface area contributed by atoms with E-state index in [2.05, 4.69) is 11.3 Å². The van der Waals surface area contributed by atoms with Gasteiger partial charge >= 0.3 is 11.9 Å². The van der Waals surface area contributed by atoms with Crippen LogP contribution in [0.3, 0.4) is 0 Å². The Kier molecular flexibility index (Phi) is 11.5. The van der Waals surface area contributed by atoms with Crippen molar-refractivity contribution in [3.63, 3.8) is 0 Å². The average molecular weight is 553 g/mol. The van der Waals surface area contributed by atoms with Crippen LogP contribution in [0.5, 0.6) is 11.5 Å². The Bertz CT molecular complexity index is 1290. The highest BCUT2D eigenvalue weighted by atomic mass is 16.6. The van der Waals surface area contributed by atoms with Crippen molar-refractivity contribution in [1.29, 1.82) is 0 Å². The maximum absolute atomic E-state index is 12.5. The van der Waals surface area contributed by atoms with Crippen LogP contribution < -0.4 is 9.47 Å². The van der Waals surface area contributed by atoms with Gasteiger partial charge in [0.2, 0.25) is 11.6 Å². The predicted octanol–water partition coefficient (Wildman–Crippen LogP) is 3.89. The summed E-state index contributed by atoms with van der Waals surface area (Å²) in [4.78, 5) is 68.8. The molecule has 0 saturated heterocycles. The zero-order chi connectivity index (χ0) is 29.9. The van der Waals surface area contributed by atoms with E-state index in [4.69, 9.17) is 14.2 Å². The van der Waals surface area contributed by atoms with Crippen LogP contribution in [0.1, 0.15) is 60.2 Å². The van der Waals surface area contributed by atoms with Crippen molar-refractivity contribution in [1.82, 2.24) is 0 Å². The molecule has 2 aromatic carbocycles. The largest absolute Gasteiger partial charge is 0.470 e. The second kappa shape index (κ2) is 14.5. The normalized spacial score (nSPS) is 17.8. The molecule has 0 aliphatic carbocycles. The van der Waals surface area contributed by atoms with E-state index in [1.807, 2.05) is 6.92 Å². The highest BCUT2D eigenvalue weighted by Gasteiger charge is 2.55. The number of Topliss-reactive ketones (excluding diaryl/α,β-unsaturated/α-hetero) is 3. The van der Waals surface area contributed by atoms with E-state index in [1.54, 1.807) is 55.5 Å². The summed E-state index contributed by atoms with van der Waals surface area (Å²) >= 11 is 0. The number of benzene rings is 2. The quantitative estimate of drug-likeness (QED) is 0.269. The van der Waals surface area contributed by atoms with Crippen molar-refractivity contribution >= 4 is 35.1 Å². The Balaban J connectivity index is 0.000000242. The fourth-order valence-electron chi connectivity index (χ4n) is 3.75. The first-order valence-corrected chi connectivity index (χ1v) is 12.6. The summed E-state index contributed by atoms with van der Waals surface area (Å²) in [6, 6.07) is 13.4. The first-order chi connectivity index (χ1) is 19.1. The number of para-hydroxylation sites is 2. The van der Waals surface area contributed by atoms with Crippen molar-refractivity contribution in [3.8, 4) is 11.5 Å². The van der Waals surface area contributed by atoms with E-state index < -0.39 is 29.4 Å². The minimum Gasteiger partial charge on any atom is -0.470 e. The van der Waals surface area contributed by atoms with Crippen LogP contribution in [0.25, 0.3) is 0 Å². The highest BCUT2D eigenvalue weighted by molar-refractivity contribution is 6.19. The summed E-state index contributed by atoms with van der Waals surface area (Å²) in [6.07, 6.45) is 1.24. The molecule has 2 heterocycles. The monoisotopic (exact) mass is 552 g/mol. The third-order valence-electron chi connectivity index (χ3n) is 6.07. The zero-order valence-corrected chi connectivity index (χ0v) is 22.9. The molecule has 1 unspecified atom stereocenters. The Labute approximate surface area is 232 Å². The van der Waals surface area contributed by atoms with Gasteiger partial charge in [0, 0.05) is 25.7 Å². The standard InChI is InChI=1S/C15H16O5.C10H8O4.C5H8O/c1-3-10(16)8-9-15(14(18)19-2)13(17)11-6-4-5-7-12(11)20-15;1-13-10(12)9-8(11)6-4-2-3-5-7(6)14-9;1-3-5(6)4-2/h4-7H,3,8-9H2,1-2H3;2-5,9H,1H3;3H,1,4H2,2H3/t15-;;/m0../s1. The number of carbonyl (C=O) groups excluding carboxylic acids is 6. The molecule has 0 saturated carbocycles. The molecule has 10 heteroatoms. The molecule has 0 aromatic heterocycles. The van der Waals surface area contributed by atoms with E-state index >= 15 is 0 Å². The smallest absolute Gasteiger partial charge is 0.358 e. The predicted molar refractivity (Wildman–Crippen MR) is 143 cm³/mol. The topological polar surface area (TPSA) is 139 Å². The lowest BCUT2D eigenvalue weighted by Crippen LogP contribution is -2.49. The molecular weight excluding hydrogens is 520 g/mol. The average Bonchev–Trinajstić information content (AvgIpc) is 3.49. The number of carbonyl (C=O) groups is 6. The fraction of sp³-hybridized carbons (Fsp3) is 0.333. The SMILES string of the molecule is C=CC(=O)CC.CCC(=O)CC[C@]1(C(=O)OC)Oc2ccccc2C1=O.COC(=O)C1Oc2ccccc2C1=O. The van der Waals surface area contributed by atoms with Gasteiger partial charge in [-0.25, -0.2) is 9.59 Å². The molecule has 0 radical (unpaired) electrons. The van der Waals surface area contributed by atoms with Gasteiger partial charge in [0.05, 0.1) is 25.3 Å². The van der Waals surface area contributed by atoms with Gasteiger partial charge in [-0.2, -0.15) is 0 Å². The van der Waals surface area contributed by atoms with Crippen molar-refractivity contribution < 1.29 is 47.7 Å². The van der Waals surface area contributed by atoms with E-state index in [1.165, 1.54) is 20.3 Å². The van der Waals surface area contributed by atoms with E-state index in [-0.39, 0.29) is 30.2 Å². The third-order valence-corrected chi connectivity index (χ3v) is 6.07. The van der Waals surface area contributed by atoms with Gasteiger partial charge in [-0.15, -0.1) is 0 Å². The number of rotatable bonds is 8. The lowest BCUT2D eigenvalue weighted by atomic mass is 9.89.